The van der Waals surface area contributed by atoms with Crippen LogP contribution in [0.2, 0.25) is 0 Å². The molecule has 2 rings (SSSR count). The molecule has 0 unspecified atom stereocenters. The van der Waals surface area contributed by atoms with Gasteiger partial charge in [0.15, 0.2) is 0 Å². The summed E-state index contributed by atoms with van der Waals surface area (Å²) >= 11 is 0. The molecular formula is C19H18N2O4. The second-order valence-electron chi connectivity index (χ2n) is 5.17. The van der Waals surface area contributed by atoms with Crippen molar-refractivity contribution in [2.24, 2.45) is 0 Å². The monoisotopic (exact) mass is 338 g/mol. The molecule has 2 aromatic carbocycles. The second-order valence-corrected chi connectivity index (χ2v) is 5.17. The predicted octanol–water partition coefficient (Wildman–Crippen LogP) is 3.08. The Labute approximate surface area is 145 Å². The maximum Gasteiger partial charge on any atom is 0.328 e. The van der Waals surface area contributed by atoms with Crippen LogP contribution in [0.5, 0.6) is 0 Å². The highest BCUT2D eigenvalue weighted by Crippen LogP contribution is 2.20. The Hall–Kier alpha value is -3.41. The maximum absolute atomic E-state index is 12.6. The van der Waals surface area contributed by atoms with Gasteiger partial charge in [0.1, 0.15) is 0 Å². The van der Waals surface area contributed by atoms with E-state index in [2.05, 4.69) is 10.6 Å². The van der Waals surface area contributed by atoms with E-state index in [-0.39, 0.29) is 11.5 Å². The Balaban J connectivity index is 2.20. The van der Waals surface area contributed by atoms with Crippen molar-refractivity contribution in [1.82, 2.24) is 0 Å². The van der Waals surface area contributed by atoms with Crippen molar-refractivity contribution in [3.05, 3.63) is 71.8 Å². The molecule has 0 atom stereocenters. The average Bonchev–Trinajstić information content (AvgIpc) is 2.61. The van der Waals surface area contributed by atoms with Crippen LogP contribution in [0.1, 0.15) is 22.8 Å². The van der Waals surface area contributed by atoms with Crippen LogP contribution in [0.4, 0.5) is 11.4 Å². The van der Waals surface area contributed by atoms with Crippen LogP contribution >= 0.6 is 0 Å². The largest absolute Gasteiger partial charge is 0.478 e. The number of nitrogens with one attached hydrogen (secondary N) is 2. The Bertz CT molecular complexity index is 828. The lowest BCUT2D eigenvalue weighted by Gasteiger charge is -2.12. The van der Waals surface area contributed by atoms with Gasteiger partial charge in [0.05, 0.1) is 11.3 Å². The Morgan fingerprint density at radius 3 is 2.24 bits per heavy atom. The molecule has 25 heavy (non-hydrogen) atoms. The van der Waals surface area contributed by atoms with Gasteiger partial charge >= 0.3 is 5.97 Å². The van der Waals surface area contributed by atoms with Gasteiger partial charge in [-0.05, 0) is 30.2 Å². The molecule has 3 N–H and O–H groups in total. The summed E-state index contributed by atoms with van der Waals surface area (Å²) in [5, 5.41) is 13.9. The molecule has 0 saturated heterocycles. The van der Waals surface area contributed by atoms with Crippen LogP contribution in [0.25, 0.3) is 0 Å². The fourth-order valence-corrected chi connectivity index (χ4v) is 2.25. The topological polar surface area (TPSA) is 95.5 Å². The SMILES string of the molecule is CCc1ccccc1NC(=O)c1ccccc1NC(=O)/C=C\C(=O)O. The highest BCUT2D eigenvalue weighted by Gasteiger charge is 2.13. The predicted molar refractivity (Wildman–Crippen MR) is 95.6 cm³/mol. The second kappa shape index (κ2) is 8.44. The van der Waals surface area contributed by atoms with Gasteiger partial charge in [0.2, 0.25) is 5.91 Å². The van der Waals surface area contributed by atoms with Gasteiger partial charge in [0, 0.05) is 17.8 Å². The van der Waals surface area contributed by atoms with Crippen molar-refractivity contribution in [3.8, 4) is 0 Å². The number of carbonyl (C=O) groups excluding carboxylic acids is 2. The third kappa shape index (κ3) is 5.04. The number of amides is 2. The van der Waals surface area contributed by atoms with Gasteiger partial charge < -0.3 is 15.7 Å². The number of benzene rings is 2. The number of aliphatic carboxylic acids is 1. The number of hydrogen-bond acceptors (Lipinski definition) is 3. The average molecular weight is 338 g/mol. The summed E-state index contributed by atoms with van der Waals surface area (Å²) in [7, 11) is 0. The van der Waals surface area contributed by atoms with E-state index in [1.807, 2.05) is 31.2 Å². The van der Waals surface area contributed by atoms with Crippen molar-refractivity contribution >= 4 is 29.2 Å². The molecule has 0 bridgehead atoms. The van der Waals surface area contributed by atoms with Gasteiger partial charge in [-0.25, -0.2) is 4.79 Å². The lowest BCUT2D eigenvalue weighted by Crippen LogP contribution is -2.17. The van der Waals surface area contributed by atoms with Crippen molar-refractivity contribution in [1.29, 1.82) is 0 Å². The van der Waals surface area contributed by atoms with Gasteiger partial charge in [-0.1, -0.05) is 37.3 Å². The zero-order valence-corrected chi connectivity index (χ0v) is 13.7. The lowest BCUT2D eigenvalue weighted by molar-refractivity contribution is -0.131. The molecule has 0 aliphatic carbocycles. The van der Waals surface area contributed by atoms with Crippen molar-refractivity contribution in [2.75, 3.05) is 10.6 Å². The lowest BCUT2D eigenvalue weighted by atomic mass is 10.1. The quantitative estimate of drug-likeness (QED) is 0.705. The zero-order chi connectivity index (χ0) is 18.2. The van der Waals surface area contributed by atoms with Crippen molar-refractivity contribution in [2.45, 2.75) is 13.3 Å². The zero-order valence-electron chi connectivity index (χ0n) is 13.7. The first-order chi connectivity index (χ1) is 12.0. The van der Waals surface area contributed by atoms with Crippen LogP contribution in [-0.2, 0) is 16.0 Å². The van der Waals surface area contributed by atoms with Crippen LogP contribution < -0.4 is 10.6 Å². The number of anilines is 2. The third-order valence-corrected chi connectivity index (χ3v) is 3.45. The standard InChI is InChI=1S/C19H18N2O4/c1-2-13-7-3-5-9-15(13)21-19(25)14-8-4-6-10-16(14)20-17(22)11-12-18(23)24/h3-12H,2H2,1H3,(H,20,22)(H,21,25)(H,23,24)/b12-11-. The number of carbonyl (C=O) groups is 3. The van der Waals surface area contributed by atoms with Gasteiger partial charge in [0.25, 0.3) is 5.91 Å². The minimum Gasteiger partial charge on any atom is -0.478 e. The maximum atomic E-state index is 12.6. The van der Waals surface area contributed by atoms with Crippen LogP contribution in [-0.4, -0.2) is 22.9 Å². The molecule has 0 saturated carbocycles. The highest BCUT2D eigenvalue weighted by atomic mass is 16.4. The van der Waals surface area contributed by atoms with E-state index in [0.29, 0.717) is 11.4 Å². The molecule has 2 aromatic rings. The fourth-order valence-electron chi connectivity index (χ4n) is 2.25. The molecule has 0 aliphatic heterocycles. The molecule has 6 nitrogen and oxygen atoms in total. The summed E-state index contributed by atoms with van der Waals surface area (Å²) in [6.45, 7) is 1.99. The third-order valence-electron chi connectivity index (χ3n) is 3.45. The van der Waals surface area contributed by atoms with Gasteiger partial charge in [-0.3, -0.25) is 9.59 Å². The van der Waals surface area contributed by atoms with Crippen LogP contribution in [0.15, 0.2) is 60.7 Å². The summed E-state index contributed by atoms with van der Waals surface area (Å²) in [6.07, 6.45) is 2.40. The summed E-state index contributed by atoms with van der Waals surface area (Å²) in [5.74, 6) is -2.21. The smallest absolute Gasteiger partial charge is 0.328 e. The Kier molecular flexibility index (Phi) is 6.06. The molecule has 0 spiro atoms. The van der Waals surface area contributed by atoms with E-state index in [4.69, 9.17) is 5.11 Å². The first-order valence-corrected chi connectivity index (χ1v) is 7.71. The Morgan fingerprint density at radius 2 is 1.56 bits per heavy atom. The molecular weight excluding hydrogens is 320 g/mol. The van der Waals surface area contributed by atoms with Gasteiger partial charge in [-0.15, -0.1) is 0 Å². The number of para-hydroxylation sites is 2. The van der Waals surface area contributed by atoms with E-state index < -0.39 is 11.9 Å². The summed E-state index contributed by atoms with van der Waals surface area (Å²) in [5.41, 5.74) is 2.29. The van der Waals surface area contributed by atoms with E-state index in [9.17, 15) is 14.4 Å². The number of hydrogen-bond donors (Lipinski definition) is 3. The number of carboxylic acid groups (broad SMARTS) is 1. The van der Waals surface area contributed by atoms with Crippen molar-refractivity contribution in [3.63, 3.8) is 0 Å². The van der Waals surface area contributed by atoms with E-state index >= 15 is 0 Å². The first-order valence-electron chi connectivity index (χ1n) is 7.71. The molecule has 0 radical (unpaired) electrons. The van der Waals surface area contributed by atoms with E-state index in [1.54, 1.807) is 24.3 Å². The molecule has 0 aromatic heterocycles. The number of rotatable bonds is 6. The molecule has 0 aliphatic rings. The van der Waals surface area contributed by atoms with Crippen molar-refractivity contribution < 1.29 is 19.5 Å². The van der Waals surface area contributed by atoms with Crippen LogP contribution in [0, 0.1) is 0 Å². The number of aryl methyl sites for hydroxylation is 1. The molecule has 6 heteroatoms. The Morgan fingerprint density at radius 1 is 0.920 bits per heavy atom. The minimum atomic E-state index is -1.22. The molecule has 2 amide bonds. The summed E-state index contributed by atoms with van der Waals surface area (Å²) < 4.78 is 0. The first kappa shape index (κ1) is 17.9. The van der Waals surface area contributed by atoms with E-state index in [1.165, 1.54) is 0 Å². The van der Waals surface area contributed by atoms with E-state index in [0.717, 1.165) is 24.1 Å². The number of carboxylic acids is 1. The molecule has 0 heterocycles. The summed E-state index contributed by atoms with van der Waals surface area (Å²) in [4.78, 5) is 34.8. The van der Waals surface area contributed by atoms with Gasteiger partial charge in [-0.2, -0.15) is 0 Å². The fraction of sp³-hybridized carbons (Fsp3) is 0.105. The minimum absolute atomic E-state index is 0.283. The molecule has 128 valence electrons. The summed E-state index contributed by atoms with van der Waals surface area (Å²) in [6, 6.07) is 14.0. The van der Waals surface area contributed by atoms with Crippen LogP contribution in [0.3, 0.4) is 0 Å². The normalized spacial score (nSPS) is 10.4. The molecule has 0 fully saturated rings. The highest BCUT2D eigenvalue weighted by molar-refractivity contribution is 6.11.